The van der Waals surface area contributed by atoms with Crippen LogP contribution >= 0.6 is 0 Å². The van der Waals surface area contributed by atoms with Gasteiger partial charge in [-0.05, 0) is 49.8 Å². The van der Waals surface area contributed by atoms with E-state index in [1.807, 2.05) is 24.3 Å². The molecule has 0 bridgehead atoms. The Morgan fingerprint density at radius 1 is 1.21 bits per heavy atom. The molecule has 130 valence electrons. The predicted molar refractivity (Wildman–Crippen MR) is 91.2 cm³/mol. The fourth-order valence-corrected chi connectivity index (χ4v) is 3.35. The average molecular weight is 331 g/mol. The van der Waals surface area contributed by atoms with Crippen molar-refractivity contribution in [3.8, 4) is 0 Å². The highest BCUT2D eigenvalue weighted by Gasteiger charge is 2.27. The number of nitrogens with two attached hydrogens (primary N) is 1. The smallest absolute Gasteiger partial charge is 0.253 e. The van der Waals surface area contributed by atoms with Crippen LogP contribution in [0.3, 0.4) is 0 Å². The molecule has 0 spiro atoms. The Balaban J connectivity index is 1.51. The summed E-state index contributed by atoms with van der Waals surface area (Å²) in [6.45, 7) is 1.10. The van der Waals surface area contributed by atoms with E-state index in [0.29, 0.717) is 13.2 Å². The van der Waals surface area contributed by atoms with E-state index in [2.05, 4.69) is 10.6 Å². The molecule has 0 radical (unpaired) electrons. The first kappa shape index (κ1) is 16.9. The van der Waals surface area contributed by atoms with Crippen LogP contribution in [0, 0.1) is 5.92 Å². The van der Waals surface area contributed by atoms with Crippen LogP contribution in [-0.2, 0) is 20.9 Å². The Morgan fingerprint density at radius 2 is 2.08 bits per heavy atom. The fourth-order valence-electron chi connectivity index (χ4n) is 3.35. The van der Waals surface area contributed by atoms with Crippen molar-refractivity contribution in [3.05, 3.63) is 29.8 Å². The highest BCUT2D eigenvalue weighted by atomic mass is 16.5. The molecule has 2 amide bonds. The molecule has 0 aromatic heterocycles. The Morgan fingerprint density at radius 3 is 2.79 bits per heavy atom. The van der Waals surface area contributed by atoms with Gasteiger partial charge >= 0.3 is 0 Å². The topological polar surface area (TPSA) is 93.5 Å². The molecule has 1 saturated carbocycles. The van der Waals surface area contributed by atoms with Crippen LogP contribution in [0.25, 0.3) is 0 Å². The van der Waals surface area contributed by atoms with Crippen LogP contribution in [0.5, 0.6) is 0 Å². The van der Waals surface area contributed by atoms with Gasteiger partial charge in [-0.25, -0.2) is 0 Å². The van der Waals surface area contributed by atoms with Crippen LogP contribution in [-0.4, -0.2) is 30.6 Å². The number of carbonyl (C=O) groups is 2. The molecule has 1 aromatic rings. The van der Waals surface area contributed by atoms with Gasteiger partial charge < -0.3 is 21.1 Å². The molecule has 3 rings (SSSR count). The van der Waals surface area contributed by atoms with Gasteiger partial charge in [-0.1, -0.05) is 12.1 Å². The Bertz CT molecular complexity index is 599. The Kier molecular flexibility index (Phi) is 5.48. The minimum atomic E-state index is -0.347. The van der Waals surface area contributed by atoms with E-state index >= 15 is 0 Å². The van der Waals surface area contributed by atoms with E-state index < -0.39 is 0 Å². The molecule has 1 aromatic carbocycles. The first-order valence-corrected chi connectivity index (χ1v) is 8.66. The number of hydrogen-bond donors (Lipinski definition) is 3. The van der Waals surface area contributed by atoms with Gasteiger partial charge in [0.2, 0.25) is 5.91 Å². The Labute approximate surface area is 142 Å². The minimum absolute atomic E-state index is 0.0300. The van der Waals surface area contributed by atoms with E-state index in [1.54, 1.807) is 0 Å². The summed E-state index contributed by atoms with van der Waals surface area (Å²) < 4.78 is 5.38. The Hall–Kier alpha value is -1.92. The van der Waals surface area contributed by atoms with Crippen molar-refractivity contribution >= 4 is 17.5 Å². The summed E-state index contributed by atoms with van der Waals surface area (Å²) in [7, 11) is 0. The highest BCUT2D eigenvalue weighted by Crippen LogP contribution is 2.24. The second-order valence-electron chi connectivity index (χ2n) is 6.68. The molecule has 3 atom stereocenters. The standard InChI is InChI=1S/C18H25N3O3/c19-14-7-6-13(10-14)17(22)20-11-12-3-1-4-15(9-12)21-18(23)16-5-2-8-24-16/h1,3-4,9,13-14,16H,2,5-8,10-11,19H2,(H,20,22)(H,21,23). The lowest BCUT2D eigenvalue weighted by Gasteiger charge is -2.13. The zero-order chi connectivity index (χ0) is 16.9. The normalized spacial score (nSPS) is 26.3. The molecule has 6 heteroatoms. The first-order chi connectivity index (χ1) is 11.6. The van der Waals surface area contributed by atoms with Crippen LogP contribution < -0.4 is 16.4 Å². The predicted octanol–water partition coefficient (Wildman–Crippen LogP) is 1.55. The zero-order valence-corrected chi connectivity index (χ0v) is 13.8. The third-order valence-electron chi connectivity index (χ3n) is 4.73. The monoisotopic (exact) mass is 331 g/mol. The number of amides is 2. The summed E-state index contributed by atoms with van der Waals surface area (Å²) in [6, 6.07) is 7.68. The van der Waals surface area contributed by atoms with Crippen molar-refractivity contribution in [1.82, 2.24) is 5.32 Å². The van der Waals surface area contributed by atoms with E-state index in [0.717, 1.165) is 43.4 Å². The molecule has 24 heavy (non-hydrogen) atoms. The minimum Gasteiger partial charge on any atom is -0.368 e. The molecule has 1 saturated heterocycles. The lowest BCUT2D eigenvalue weighted by molar-refractivity contribution is -0.125. The van der Waals surface area contributed by atoms with Gasteiger partial charge in [0.25, 0.3) is 5.91 Å². The van der Waals surface area contributed by atoms with Crippen molar-refractivity contribution < 1.29 is 14.3 Å². The summed E-state index contributed by atoms with van der Waals surface area (Å²) in [5.74, 6) is -0.00669. The second-order valence-corrected chi connectivity index (χ2v) is 6.68. The van der Waals surface area contributed by atoms with Crippen molar-refractivity contribution in [2.75, 3.05) is 11.9 Å². The van der Waals surface area contributed by atoms with Gasteiger partial charge in [0.15, 0.2) is 0 Å². The third-order valence-corrected chi connectivity index (χ3v) is 4.73. The summed E-state index contributed by atoms with van der Waals surface area (Å²) in [5, 5.41) is 5.84. The lowest BCUT2D eigenvalue weighted by atomic mass is 10.1. The lowest BCUT2D eigenvalue weighted by Crippen LogP contribution is -2.30. The molecule has 4 N–H and O–H groups in total. The first-order valence-electron chi connectivity index (χ1n) is 8.66. The van der Waals surface area contributed by atoms with Gasteiger partial charge in [-0.2, -0.15) is 0 Å². The number of rotatable bonds is 5. The fraction of sp³-hybridized carbons (Fsp3) is 0.556. The van der Waals surface area contributed by atoms with Crippen molar-refractivity contribution in [1.29, 1.82) is 0 Å². The van der Waals surface area contributed by atoms with Crippen LogP contribution in [0.4, 0.5) is 5.69 Å². The number of anilines is 1. The molecular formula is C18H25N3O3. The van der Waals surface area contributed by atoms with E-state index in [9.17, 15) is 9.59 Å². The van der Waals surface area contributed by atoms with Gasteiger partial charge in [0.05, 0.1) is 0 Å². The molecular weight excluding hydrogens is 306 g/mol. The third kappa shape index (κ3) is 4.33. The van der Waals surface area contributed by atoms with Gasteiger partial charge in [0.1, 0.15) is 6.10 Å². The van der Waals surface area contributed by atoms with Crippen LogP contribution in [0.15, 0.2) is 24.3 Å². The molecule has 2 fully saturated rings. The molecule has 1 heterocycles. The van der Waals surface area contributed by atoms with Crippen molar-refractivity contribution in [2.45, 2.75) is 50.8 Å². The molecule has 6 nitrogen and oxygen atoms in total. The molecule has 1 aliphatic heterocycles. The quantitative estimate of drug-likeness (QED) is 0.763. The number of ether oxygens (including phenoxy) is 1. The zero-order valence-electron chi connectivity index (χ0n) is 13.8. The molecule has 2 aliphatic rings. The maximum atomic E-state index is 12.1. The number of hydrogen-bond acceptors (Lipinski definition) is 4. The maximum Gasteiger partial charge on any atom is 0.253 e. The number of nitrogens with one attached hydrogen (secondary N) is 2. The van der Waals surface area contributed by atoms with Gasteiger partial charge in [0, 0.05) is 30.8 Å². The maximum absolute atomic E-state index is 12.1. The summed E-state index contributed by atoms with van der Waals surface area (Å²) in [5.41, 5.74) is 7.54. The molecule has 1 aliphatic carbocycles. The van der Waals surface area contributed by atoms with Crippen molar-refractivity contribution in [3.63, 3.8) is 0 Å². The highest BCUT2D eigenvalue weighted by molar-refractivity contribution is 5.94. The largest absolute Gasteiger partial charge is 0.368 e. The molecule has 3 unspecified atom stereocenters. The average Bonchev–Trinajstić information content (AvgIpc) is 3.24. The van der Waals surface area contributed by atoms with Crippen LogP contribution in [0.1, 0.15) is 37.7 Å². The van der Waals surface area contributed by atoms with Gasteiger partial charge in [-0.3, -0.25) is 9.59 Å². The van der Waals surface area contributed by atoms with Crippen molar-refractivity contribution in [2.24, 2.45) is 11.7 Å². The second kappa shape index (κ2) is 7.77. The summed E-state index contributed by atoms with van der Waals surface area (Å²) in [6.07, 6.45) is 3.90. The van der Waals surface area contributed by atoms with E-state index in [-0.39, 0.29) is 29.9 Å². The van der Waals surface area contributed by atoms with Gasteiger partial charge in [-0.15, -0.1) is 0 Å². The SMILES string of the molecule is NC1CCC(C(=O)NCc2cccc(NC(=O)C3CCCO3)c2)C1. The summed E-state index contributed by atoms with van der Waals surface area (Å²) >= 11 is 0. The van der Waals surface area contributed by atoms with E-state index in [1.165, 1.54) is 0 Å². The number of benzene rings is 1. The number of carbonyl (C=O) groups excluding carboxylic acids is 2. The van der Waals surface area contributed by atoms with Crippen LogP contribution in [0.2, 0.25) is 0 Å². The summed E-state index contributed by atoms with van der Waals surface area (Å²) in [4.78, 5) is 24.2. The van der Waals surface area contributed by atoms with E-state index in [4.69, 9.17) is 10.5 Å².